The Bertz CT molecular complexity index is 1180. The van der Waals surface area contributed by atoms with Crippen molar-refractivity contribution in [3.63, 3.8) is 0 Å². The molecule has 6 heterocycles. The van der Waals surface area contributed by atoms with Crippen LogP contribution in [0.25, 0.3) is 0 Å². The summed E-state index contributed by atoms with van der Waals surface area (Å²) in [5.41, 5.74) is 3.83. The van der Waals surface area contributed by atoms with Gasteiger partial charge in [-0.25, -0.2) is 9.59 Å². The highest BCUT2D eigenvalue weighted by Crippen LogP contribution is 2.48. The Labute approximate surface area is 277 Å². The van der Waals surface area contributed by atoms with E-state index in [2.05, 4.69) is 112 Å². The minimum atomic E-state index is -1.26. The first kappa shape index (κ1) is 35.9. The normalized spacial score (nSPS) is 29.9. The van der Waals surface area contributed by atoms with E-state index in [9.17, 15) is 9.59 Å². The van der Waals surface area contributed by atoms with Gasteiger partial charge in [-0.3, -0.25) is 9.80 Å². The third kappa shape index (κ3) is 8.89. The molecule has 0 spiro atoms. The van der Waals surface area contributed by atoms with Gasteiger partial charge in [-0.15, -0.1) is 0 Å². The molecule has 6 saturated heterocycles. The molecule has 0 aliphatic carbocycles. The first-order valence-electron chi connectivity index (χ1n) is 17.5. The summed E-state index contributed by atoms with van der Waals surface area (Å²) >= 11 is 0. The number of hydrogen-bond donors (Lipinski definition) is 2. The molecule has 4 atom stereocenters. The molecule has 0 saturated carbocycles. The van der Waals surface area contributed by atoms with Gasteiger partial charge in [0, 0.05) is 23.2 Å². The molecule has 6 aliphatic heterocycles. The van der Waals surface area contributed by atoms with Gasteiger partial charge in [0.05, 0.1) is 0 Å². The van der Waals surface area contributed by atoms with Gasteiger partial charge in [-0.05, 0) is 139 Å². The van der Waals surface area contributed by atoms with E-state index < -0.39 is 11.9 Å². The van der Waals surface area contributed by atoms with E-state index >= 15 is 0 Å². The molecule has 2 N–H and O–H groups in total. The number of piperidine rings is 6. The van der Waals surface area contributed by atoms with Crippen LogP contribution in [0.5, 0.6) is 0 Å². The van der Waals surface area contributed by atoms with Gasteiger partial charge in [0.2, 0.25) is 0 Å². The lowest BCUT2D eigenvalue weighted by molar-refractivity contribution is -0.134. The number of aliphatic carboxylic acids is 2. The molecule has 0 radical (unpaired) electrons. The zero-order valence-electron chi connectivity index (χ0n) is 29.1. The fourth-order valence-electron chi connectivity index (χ4n) is 9.08. The van der Waals surface area contributed by atoms with Gasteiger partial charge in [0.15, 0.2) is 0 Å². The first-order chi connectivity index (χ1) is 21.8. The second-order valence-corrected chi connectivity index (χ2v) is 15.3. The Kier molecular flexibility index (Phi) is 12.3. The molecule has 2 aromatic rings. The third-order valence-corrected chi connectivity index (χ3v) is 12.0. The largest absolute Gasteiger partial charge is 0.478 e. The molecule has 6 aliphatic rings. The molecule has 8 rings (SSSR count). The van der Waals surface area contributed by atoms with Crippen LogP contribution in [-0.4, -0.2) is 69.2 Å². The number of nitrogens with zero attached hydrogens (tertiary/aromatic N) is 2. The van der Waals surface area contributed by atoms with Gasteiger partial charge < -0.3 is 10.2 Å². The zero-order chi connectivity index (χ0) is 33.5. The van der Waals surface area contributed by atoms with Crippen molar-refractivity contribution in [2.75, 3.05) is 26.2 Å². The van der Waals surface area contributed by atoms with E-state index in [1.807, 2.05) is 0 Å². The van der Waals surface area contributed by atoms with Crippen LogP contribution in [0.1, 0.15) is 103 Å². The van der Waals surface area contributed by atoms with Crippen LogP contribution >= 0.6 is 0 Å². The minimum Gasteiger partial charge on any atom is -0.478 e. The molecule has 252 valence electrons. The standard InChI is InChI=1S/2C18H27N.C4H4O4/c2*1-14(15-7-5-4-6-8-15)13-17-16-9-11-19(12-10-16)18(17,2)3;5-3(6)1-2-4(7)8/h2*4-8,14,16-17H,9-13H2,1-3H3;1-2H,(H,5,6)(H,7,8)/b;;2-1+/t2*14-,17+;/m00./s1. The van der Waals surface area contributed by atoms with Crippen molar-refractivity contribution in [3.8, 4) is 0 Å². The van der Waals surface area contributed by atoms with Crippen LogP contribution in [-0.2, 0) is 9.59 Å². The smallest absolute Gasteiger partial charge is 0.328 e. The number of carboxylic acid groups (broad SMARTS) is 2. The molecule has 0 unspecified atom stereocenters. The van der Waals surface area contributed by atoms with Crippen LogP contribution in [0, 0.1) is 23.7 Å². The van der Waals surface area contributed by atoms with Gasteiger partial charge in [-0.1, -0.05) is 74.5 Å². The zero-order valence-corrected chi connectivity index (χ0v) is 29.1. The Morgan fingerprint density at radius 3 is 1.22 bits per heavy atom. The minimum absolute atomic E-state index is 0.407. The Morgan fingerprint density at radius 2 is 0.957 bits per heavy atom. The first-order valence-corrected chi connectivity index (χ1v) is 17.5. The molecular weight excluding hydrogens is 572 g/mol. The highest BCUT2D eigenvalue weighted by molar-refractivity contribution is 5.89. The molecule has 6 nitrogen and oxygen atoms in total. The van der Waals surface area contributed by atoms with Crippen LogP contribution < -0.4 is 0 Å². The summed E-state index contributed by atoms with van der Waals surface area (Å²) in [4.78, 5) is 24.6. The van der Waals surface area contributed by atoms with Crippen LogP contribution in [0.3, 0.4) is 0 Å². The summed E-state index contributed by atoms with van der Waals surface area (Å²) in [6.45, 7) is 20.0. The average Bonchev–Trinajstić information content (AvgIpc) is 3.05. The Hall–Kier alpha value is -2.96. The maximum atomic E-state index is 9.55. The van der Waals surface area contributed by atoms with E-state index in [0.29, 0.717) is 35.1 Å². The lowest BCUT2D eigenvalue weighted by atomic mass is 9.64. The topological polar surface area (TPSA) is 81.1 Å². The van der Waals surface area contributed by atoms with E-state index in [4.69, 9.17) is 10.2 Å². The van der Waals surface area contributed by atoms with Crippen molar-refractivity contribution in [1.29, 1.82) is 0 Å². The number of carbonyl (C=O) groups is 2. The summed E-state index contributed by atoms with van der Waals surface area (Å²) in [6.07, 6.45) is 9.51. The van der Waals surface area contributed by atoms with Gasteiger partial charge in [0.1, 0.15) is 0 Å². The summed E-state index contributed by atoms with van der Waals surface area (Å²) in [7, 11) is 0. The fourth-order valence-corrected chi connectivity index (χ4v) is 9.08. The third-order valence-electron chi connectivity index (χ3n) is 12.0. The van der Waals surface area contributed by atoms with E-state index in [-0.39, 0.29) is 0 Å². The van der Waals surface area contributed by atoms with Crippen molar-refractivity contribution in [2.24, 2.45) is 23.7 Å². The molecule has 2 aromatic carbocycles. The van der Waals surface area contributed by atoms with E-state index in [0.717, 1.165) is 23.7 Å². The molecule has 0 amide bonds. The number of hydrogen-bond acceptors (Lipinski definition) is 4. The predicted molar refractivity (Wildman–Crippen MR) is 187 cm³/mol. The lowest BCUT2D eigenvalue weighted by Crippen LogP contribution is -2.61. The fraction of sp³-hybridized carbons (Fsp3) is 0.600. The van der Waals surface area contributed by atoms with Crippen LogP contribution in [0.2, 0.25) is 0 Å². The summed E-state index contributed by atoms with van der Waals surface area (Å²) in [5.74, 6) is 2.52. The maximum Gasteiger partial charge on any atom is 0.328 e. The lowest BCUT2D eigenvalue weighted by Gasteiger charge is -2.57. The number of carboxylic acids is 2. The molecule has 46 heavy (non-hydrogen) atoms. The number of benzene rings is 2. The monoisotopic (exact) mass is 630 g/mol. The highest BCUT2D eigenvalue weighted by atomic mass is 16.4. The van der Waals surface area contributed by atoms with Crippen molar-refractivity contribution in [3.05, 3.63) is 83.9 Å². The van der Waals surface area contributed by atoms with E-state index in [1.165, 1.54) is 75.8 Å². The summed E-state index contributed by atoms with van der Waals surface area (Å²) in [6, 6.07) is 22.1. The van der Waals surface area contributed by atoms with E-state index in [1.54, 1.807) is 0 Å². The van der Waals surface area contributed by atoms with Gasteiger partial charge >= 0.3 is 11.9 Å². The Balaban J connectivity index is 0.000000170. The van der Waals surface area contributed by atoms with Gasteiger partial charge in [-0.2, -0.15) is 0 Å². The number of rotatable bonds is 8. The average molecular weight is 631 g/mol. The quantitative estimate of drug-likeness (QED) is 0.286. The van der Waals surface area contributed by atoms with Crippen LogP contribution in [0.4, 0.5) is 0 Å². The highest BCUT2D eigenvalue weighted by Gasteiger charge is 2.48. The SMILES string of the molecule is C[C@@H](C[C@@H]1C2CCN(CC2)C1(C)C)c1ccccc1.C[C@@H](C[C@@H]1C2CCN(CC2)C1(C)C)c1ccccc1.O=C(O)/C=C/C(=O)O. The number of fused-ring (bicyclic) bond motifs is 6. The predicted octanol–water partition coefficient (Wildman–Crippen LogP) is 8.31. The molecule has 4 bridgehead atoms. The molecular formula is C40H58N2O4. The summed E-state index contributed by atoms with van der Waals surface area (Å²) < 4.78 is 0. The van der Waals surface area contributed by atoms with Crippen molar-refractivity contribution >= 4 is 11.9 Å². The van der Waals surface area contributed by atoms with Crippen molar-refractivity contribution in [2.45, 2.75) is 103 Å². The second-order valence-electron chi connectivity index (χ2n) is 15.3. The molecule has 6 heteroatoms. The maximum absolute atomic E-state index is 9.55. The molecule has 6 fully saturated rings. The van der Waals surface area contributed by atoms with Crippen molar-refractivity contribution in [1.82, 2.24) is 9.80 Å². The Morgan fingerprint density at radius 1 is 0.652 bits per heavy atom. The molecule has 0 aromatic heterocycles. The van der Waals surface area contributed by atoms with Gasteiger partial charge in [0.25, 0.3) is 0 Å². The second kappa shape index (κ2) is 15.8. The van der Waals surface area contributed by atoms with Crippen molar-refractivity contribution < 1.29 is 19.8 Å². The summed E-state index contributed by atoms with van der Waals surface area (Å²) in [5, 5.41) is 15.6. The van der Waals surface area contributed by atoms with Crippen LogP contribution in [0.15, 0.2) is 72.8 Å².